The van der Waals surface area contributed by atoms with E-state index in [1.807, 2.05) is 29.2 Å². The van der Waals surface area contributed by atoms with Crippen LogP contribution in [0.25, 0.3) is 21.8 Å². The second-order valence-corrected chi connectivity index (χ2v) is 7.98. The fourth-order valence-electron chi connectivity index (χ4n) is 4.21. The van der Waals surface area contributed by atoms with Gasteiger partial charge in [0.25, 0.3) is 5.56 Å². The molecule has 10 heteroatoms. The van der Waals surface area contributed by atoms with Gasteiger partial charge in [0.1, 0.15) is 12.1 Å². The van der Waals surface area contributed by atoms with Gasteiger partial charge in [0.15, 0.2) is 0 Å². The Kier molecular flexibility index (Phi) is 5.07. The maximum atomic E-state index is 13.0. The van der Waals surface area contributed by atoms with Crippen molar-refractivity contribution < 1.29 is 18.0 Å². The number of fused-ring (bicyclic) bond motifs is 3. The van der Waals surface area contributed by atoms with Crippen molar-refractivity contribution in [3.05, 3.63) is 70.6 Å². The minimum Gasteiger partial charge on any atom is -0.368 e. The molecule has 0 aliphatic carbocycles. The summed E-state index contributed by atoms with van der Waals surface area (Å²) < 4.78 is 40.1. The topological polar surface area (TPSA) is 74.2 Å². The van der Waals surface area contributed by atoms with Crippen LogP contribution in [0.3, 0.4) is 0 Å². The van der Waals surface area contributed by atoms with Crippen LogP contribution < -0.4 is 10.5 Å². The number of nitrogens with one attached hydrogen (secondary N) is 1. The Hall–Kier alpha value is -3.82. The van der Waals surface area contributed by atoms with Crippen LogP contribution in [0.15, 0.2) is 59.5 Å². The molecule has 3 heterocycles. The van der Waals surface area contributed by atoms with E-state index in [9.17, 15) is 22.8 Å². The summed E-state index contributed by atoms with van der Waals surface area (Å²) >= 11 is 0. The Morgan fingerprint density at radius 2 is 1.76 bits per heavy atom. The predicted octanol–water partition coefficient (Wildman–Crippen LogP) is 3.25. The average Bonchev–Trinajstić information content (AvgIpc) is 3.20. The zero-order valence-corrected chi connectivity index (χ0v) is 17.5. The van der Waals surface area contributed by atoms with E-state index in [0.29, 0.717) is 42.8 Å². The quantitative estimate of drug-likeness (QED) is 0.515. The number of alkyl halides is 3. The number of carbonyl (C=O) groups excluding carboxylic acids is 1. The van der Waals surface area contributed by atoms with Crippen LogP contribution in [0.4, 0.5) is 18.9 Å². The first-order chi connectivity index (χ1) is 15.8. The third kappa shape index (κ3) is 3.92. The molecule has 0 atom stereocenters. The van der Waals surface area contributed by atoms with E-state index in [2.05, 4.69) is 10.1 Å². The Bertz CT molecular complexity index is 1400. The third-order valence-corrected chi connectivity index (χ3v) is 5.98. The highest BCUT2D eigenvalue weighted by Gasteiger charge is 2.31. The van der Waals surface area contributed by atoms with E-state index < -0.39 is 11.7 Å². The van der Waals surface area contributed by atoms with E-state index in [1.165, 1.54) is 6.07 Å². The molecule has 0 bridgehead atoms. The molecule has 1 amide bonds. The number of aromatic nitrogens is 3. The number of carbonyl (C=O) groups is 1. The summed E-state index contributed by atoms with van der Waals surface area (Å²) in [6.07, 6.45) is -2.82. The molecule has 0 unspecified atom stereocenters. The molecule has 1 aliphatic heterocycles. The highest BCUT2D eigenvalue weighted by molar-refractivity contribution is 6.06. The minimum absolute atomic E-state index is 0.201. The monoisotopic (exact) mass is 455 g/mol. The molecular weight excluding hydrogens is 435 g/mol. The molecule has 170 valence electrons. The smallest absolute Gasteiger partial charge is 0.368 e. The van der Waals surface area contributed by atoms with E-state index in [-0.39, 0.29) is 18.0 Å². The van der Waals surface area contributed by atoms with Crippen LogP contribution in [0, 0.1) is 0 Å². The number of anilines is 1. The predicted molar refractivity (Wildman–Crippen MR) is 118 cm³/mol. The van der Waals surface area contributed by atoms with Crippen molar-refractivity contribution in [3.8, 4) is 0 Å². The third-order valence-electron chi connectivity index (χ3n) is 5.98. The number of benzene rings is 2. The number of H-pyrrole nitrogens is 1. The number of nitrogens with zero attached hydrogens (tertiary/aromatic N) is 4. The first-order valence-corrected chi connectivity index (χ1v) is 10.5. The van der Waals surface area contributed by atoms with Crippen LogP contribution in [-0.4, -0.2) is 51.8 Å². The van der Waals surface area contributed by atoms with Crippen molar-refractivity contribution in [2.24, 2.45) is 0 Å². The van der Waals surface area contributed by atoms with E-state index >= 15 is 0 Å². The van der Waals surface area contributed by atoms with Gasteiger partial charge in [0, 0.05) is 48.2 Å². The number of rotatable bonds is 3. The molecule has 0 spiro atoms. The van der Waals surface area contributed by atoms with E-state index in [1.54, 1.807) is 17.2 Å². The van der Waals surface area contributed by atoms with Gasteiger partial charge in [0.05, 0.1) is 11.8 Å². The van der Waals surface area contributed by atoms with Gasteiger partial charge in [-0.3, -0.25) is 9.59 Å². The van der Waals surface area contributed by atoms with Crippen LogP contribution >= 0.6 is 0 Å². The summed E-state index contributed by atoms with van der Waals surface area (Å²) in [5.41, 5.74) is 0.615. The number of halogens is 3. The molecule has 1 fully saturated rings. The average molecular weight is 455 g/mol. The van der Waals surface area contributed by atoms with E-state index in [0.717, 1.165) is 27.7 Å². The normalized spacial score (nSPS) is 14.9. The first-order valence-electron chi connectivity index (χ1n) is 10.5. The lowest BCUT2D eigenvalue weighted by Crippen LogP contribution is -2.50. The zero-order chi connectivity index (χ0) is 23.2. The minimum atomic E-state index is -4.40. The van der Waals surface area contributed by atoms with Crippen molar-refractivity contribution >= 4 is 33.4 Å². The van der Waals surface area contributed by atoms with Gasteiger partial charge in [0.2, 0.25) is 5.91 Å². The van der Waals surface area contributed by atoms with Crippen LogP contribution in [0.5, 0.6) is 0 Å². The van der Waals surface area contributed by atoms with Crippen LogP contribution in [0.1, 0.15) is 5.56 Å². The number of piperazine rings is 1. The number of amides is 1. The van der Waals surface area contributed by atoms with Gasteiger partial charge < -0.3 is 14.8 Å². The fourth-order valence-corrected chi connectivity index (χ4v) is 4.21. The molecular formula is C23H20F3N5O2. The molecule has 1 aliphatic rings. The van der Waals surface area contributed by atoms with Gasteiger partial charge in [-0.2, -0.15) is 18.3 Å². The lowest BCUT2D eigenvalue weighted by atomic mass is 10.1. The van der Waals surface area contributed by atoms with Gasteiger partial charge in [-0.15, -0.1) is 0 Å². The Labute approximate surface area is 186 Å². The van der Waals surface area contributed by atoms with Crippen LogP contribution in [-0.2, 0) is 17.5 Å². The van der Waals surface area contributed by atoms with E-state index in [4.69, 9.17) is 0 Å². The summed E-state index contributed by atoms with van der Waals surface area (Å²) in [4.78, 5) is 32.2. The summed E-state index contributed by atoms with van der Waals surface area (Å²) in [7, 11) is 0. The number of aromatic amines is 1. The van der Waals surface area contributed by atoms with Crippen molar-refractivity contribution in [2.45, 2.75) is 12.7 Å². The molecule has 1 saturated heterocycles. The Morgan fingerprint density at radius 3 is 2.52 bits per heavy atom. The lowest BCUT2D eigenvalue weighted by Gasteiger charge is -2.36. The van der Waals surface area contributed by atoms with Gasteiger partial charge in [-0.1, -0.05) is 24.3 Å². The van der Waals surface area contributed by atoms with Crippen molar-refractivity contribution in [1.29, 1.82) is 0 Å². The van der Waals surface area contributed by atoms with Crippen molar-refractivity contribution in [3.63, 3.8) is 0 Å². The second-order valence-electron chi connectivity index (χ2n) is 7.98. The lowest BCUT2D eigenvalue weighted by molar-refractivity contribution is -0.137. The maximum Gasteiger partial charge on any atom is 0.416 e. The molecule has 1 N–H and O–H groups in total. The molecule has 5 rings (SSSR count). The number of hydrogen-bond acceptors (Lipinski definition) is 4. The SMILES string of the molecule is O=C(Cn1ncc2c([nH]c3ccccc32)c1=O)N1CCN(c2cccc(C(F)(F)F)c2)CC1. The zero-order valence-electron chi connectivity index (χ0n) is 17.5. The summed E-state index contributed by atoms with van der Waals surface area (Å²) in [5, 5.41) is 5.77. The molecule has 7 nitrogen and oxygen atoms in total. The van der Waals surface area contributed by atoms with Gasteiger partial charge >= 0.3 is 6.18 Å². The first kappa shape index (κ1) is 21.0. The molecule has 0 saturated carbocycles. The summed E-state index contributed by atoms with van der Waals surface area (Å²) in [6, 6.07) is 12.7. The summed E-state index contributed by atoms with van der Waals surface area (Å²) in [5.74, 6) is -0.260. The number of hydrogen-bond donors (Lipinski definition) is 1. The maximum absolute atomic E-state index is 13.0. The van der Waals surface area contributed by atoms with Crippen molar-refractivity contribution in [1.82, 2.24) is 19.7 Å². The molecule has 4 aromatic rings. The summed E-state index contributed by atoms with van der Waals surface area (Å²) in [6.45, 7) is 1.29. The molecule has 2 aromatic heterocycles. The van der Waals surface area contributed by atoms with Gasteiger partial charge in [-0.25, -0.2) is 4.68 Å². The fraction of sp³-hybridized carbons (Fsp3) is 0.261. The molecule has 33 heavy (non-hydrogen) atoms. The Morgan fingerprint density at radius 1 is 1.00 bits per heavy atom. The second kappa shape index (κ2) is 7.95. The Balaban J connectivity index is 1.28. The highest BCUT2D eigenvalue weighted by Crippen LogP contribution is 2.32. The highest BCUT2D eigenvalue weighted by atomic mass is 19.4. The standard InChI is InChI=1S/C23H20F3N5O2/c24-23(25,26)15-4-3-5-16(12-15)29-8-10-30(11-9-29)20(32)14-31-22(33)21-18(13-27-31)17-6-1-2-7-19(17)28-21/h1-7,12-13,28H,8-11,14H2. The number of para-hydroxylation sites is 1. The van der Waals surface area contributed by atoms with Crippen molar-refractivity contribution in [2.75, 3.05) is 31.1 Å². The largest absolute Gasteiger partial charge is 0.416 e. The molecule has 0 radical (unpaired) electrons. The van der Waals surface area contributed by atoms with Gasteiger partial charge in [-0.05, 0) is 24.3 Å². The molecule has 2 aromatic carbocycles. The van der Waals surface area contributed by atoms with Crippen LogP contribution in [0.2, 0.25) is 0 Å².